The van der Waals surface area contributed by atoms with Gasteiger partial charge in [0.05, 0.1) is 11.6 Å². The van der Waals surface area contributed by atoms with E-state index >= 15 is 0 Å². The number of anilines is 1. The number of piperazine rings is 1. The fourth-order valence-corrected chi connectivity index (χ4v) is 3.09. The summed E-state index contributed by atoms with van der Waals surface area (Å²) in [7, 11) is 0. The predicted molar refractivity (Wildman–Crippen MR) is 100 cm³/mol. The van der Waals surface area contributed by atoms with Gasteiger partial charge in [-0.1, -0.05) is 12.1 Å². The Morgan fingerprint density at radius 3 is 2.78 bits per heavy atom. The lowest BCUT2D eigenvalue weighted by Crippen LogP contribution is -2.54. The summed E-state index contributed by atoms with van der Waals surface area (Å²) in [4.78, 5) is 24.7. The van der Waals surface area contributed by atoms with E-state index in [0.717, 1.165) is 5.56 Å². The molecule has 1 saturated heterocycles. The lowest BCUT2D eigenvalue weighted by atomic mass is 10.1. The summed E-state index contributed by atoms with van der Waals surface area (Å²) in [5.74, 6) is 0.479. The van der Waals surface area contributed by atoms with Gasteiger partial charge in [0.1, 0.15) is 6.07 Å². The average molecular weight is 358 g/mol. The first-order chi connectivity index (χ1) is 13.1. The first kappa shape index (κ1) is 18.1. The van der Waals surface area contributed by atoms with Gasteiger partial charge in [-0.05, 0) is 30.7 Å². The minimum absolute atomic E-state index is 0.0325. The topological polar surface area (TPSA) is 96.9 Å². The van der Waals surface area contributed by atoms with Gasteiger partial charge in [-0.25, -0.2) is 9.97 Å². The van der Waals surface area contributed by atoms with Crippen LogP contribution in [0.4, 0.5) is 5.82 Å². The second-order valence-corrected chi connectivity index (χ2v) is 6.24. The largest absolute Gasteiger partial charge is 0.350 e. The number of nitrogens with zero attached hydrogens (tertiary/aromatic N) is 6. The van der Waals surface area contributed by atoms with E-state index in [4.69, 9.17) is 5.26 Å². The van der Waals surface area contributed by atoms with Crippen LogP contribution in [0, 0.1) is 22.7 Å². The third kappa shape index (κ3) is 4.10. The predicted octanol–water partition coefficient (Wildman–Crippen LogP) is 1.97. The fraction of sp³-hybridized carbons (Fsp3) is 0.250. The zero-order valence-corrected chi connectivity index (χ0v) is 14.9. The van der Waals surface area contributed by atoms with E-state index < -0.39 is 0 Å². The second kappa shape index (κ2) is 8.11. The molecule has 0 N–H and O–H groups in total. The molecule has 1 fully saturated rings. The highest BCUT2D eigenvalue weighted by molar-refractivity contribution is 5.92. The minimum Gasteiger partial charge on any atom is -0.350 e. The van der Waals surface area contributed by atoms with Crippen molar-refractivity contribution in [2.75, 3.05) is 24.5 Å². The molecule has 0 unspecified atom stereocenters. The standard InChI is InChI=1S/C20H18N6O/c1-15-14-25(20-18(13-22)23-7-8-24-20)9-10-26(15)19(27)6-5-16-3-2-4-17(11-16)12-21/h2-8,11,15H,9-10,14H2,1H3/b6-5+/t15-/m1/s1. The van der Waals surface area contributed by atoms with Gasteiger partial charge in [-0.3, -0.25) is 4.79 Å². The van der Waals surface area contributed by atoms with Crippen molar-refractivity contribution in [1.82, 2.24) is 14.9 Å². The molecule has 0 radical (unpaired) electrons. The molecule has 0 bridgehead atoms. The van der Waals surface area contributed by atoms with Gasteiger partial charge < -0.3 is 9.80 Å². The van der Waals surface area contributed by atoms with Gasteiger partial charge in [0.15, 0.2) is 11.5 Å². The molecular formula is C20H18N6O. The zero-order valence-electron chi connectivity index (χ0n) is 14.9. The van der Waals surface area contributed by atoms with Gasteiger partial charge in [-0.2, -0.15) is 10.5 Å². The van der Waals surface area contributed by atoms with E-state index in [1.54, 1.807) is 35.4 Å². The maximum Gasteiger partial charge on any atom is 0.246 e. The maximum absolute atomic E-state index is 12.6. The summed E-state index contributed by atoms with van der Waals surface area (Å²) < 4.78 is 0. The van der Waals surface area contributed by atoms with Crippen molar-refractivity contribution in [3.05, 3.63) is 59.6 Å². The molecule has 7 nitrogen and oxygen atoms in total. The Balaban J connectivity index is 1.67. The second-order valence-electron chi connectivity index (χ2n) is 6.24. The number of benzene rings is 1. The Bertz CT molecular complexity index is 955. The smallest absolute Gasteiger partial charge is 0.246 e. The van der Waals surface area contributed by atoms with Crippen LogP contribution < -0.4 is 4.90 Å². The number of carbonyl (C=O) groups excluding carboxylic acids is 1. The SMILES string of the molecule is C[C@@H]1CN(c2nccnc2C#N)CCN1C(=O)/C=C/c1cccc(C#N)c1. The molecule has 1 aromatic carbocycles. The van der Waals surface area contributed by atoms with Crippen LogP contribution in [0.3, 0.4) is 0 Å². The van der Waals surface area contributed by atoms with Crippen LogP contribution >= 0.6 is 0 Å². The molecule has 1 aliphatic heterocycles. The molecule has 7 heteroatoms. The van der Waals surface area contributed by atoms with Gasteiger partial charge in [-0.15, -0.1) is 0 Å². The van der Waals surface area contributed by atoms with Crippen molar-refractivity contribution in [3.63, 3.8) is 0 Å². The molecule has 0 aliphatic carbocycles. The number of carbonyl (C=O) groups is 1. The molecule has 27 heavy (non-hydrogen) atoms. The number of nitriles is 2. The average Bonchev–Trinajstić information content (AvgIpc) is 2.72. The highest BCUT2D eigenvalue weighted by atomic mass is 16.2. The van der Waals surface area contributed by atoms with Crippen LogP contribution in [-0.2, 0) is 4.79 Å². The van der Waals surface area contributed by atoms with Gasteiger partial charge in [0.2, 0.25) is 5.91 Å². The van der Waals surface area contributed by atoms with Crippen molar-refractivity contribution in [3.8, 4) is 12.1 Å². The Labute approximate surface area is 157 Å². The Morgan fingerprint density at radius 1 is 1.22 bits per heavy atom. The summed E-state index contributed by atoms with van der Waals surface area (Å²) in [5.41, 5.74) is 1.66. The van der Waals surface area contributed by atoms with Crippen LogP contribution in [0.1, 0.15) is 23.7 Å². The monoisotopic (exact) mass is 358 g/mol. The van der Waals surface area contributed by atoms with E-state index in [9.17, 15) is 10.1 Å². The van der Waals surface area contributed by atoms with Crippen molar-refractivity contribution in [1.29, 1.82) is 10.5 Å². The molecule has 2 heterocycles. The summed E-state index contributed by atoms with van der Waals surface area (Å²) in [6, 6.07) is 11.2. The van der Waals surface area contributed by atoms with E-state index in [-0.39, 0.29) is 11.9 Å². The van der Waals surface area contributed by atoms with Crippen LogP contribution in [0.15, 0.2) is 42.7 Å². The normalized spacial score (nSPS) is 16.8. The highest BCUT2D eigenvalue weighted by Gasteiger charge is 2.28. The summed E-state index contributed by atoms with van der Waals surface area (Å²) >= 11 is 0. The van der Waals surface area contributed by atoms with Gasteiger partial charge in [0.25, 0.3) is 0 Å². The molecule has 0 spiro atoms. The quantitative estimate of drug-likeness (QED) is 0.778. The third-order valence-electron chi connectivity index (χ3n) is 4.43. The molecule has 1 aromatic heterocycles. The van der Waals surface area contributed by atoms with Gasteiger partial charge >= 0.3 is 0 Å². The zero-order chi connectivity index (χ0) is 19.2. The fourth-order valence-electron chi connectivity index (χ4n) is 3.09. The molecule has 2 aromatic rings. The molecule has 0 saturated carbocycles. The first-order valence-electron chi connectivity index (χ1n) is 8.57. The van der Waals surface area contributed by atoms with Crippen molar-refractivity contribution < 1.29 is 4.79 Å². The van der Waals surface area contributed by atoms with Gasteiger partial charge in [0, 0.05) is 44.1 Å². The number of aromatic nitrogens is 2. The van der Waals surface area contributed by atoms with E-state index in [0.29, 0.717) is 36.7 Å². The maximum atomic E-state index is 12.6. The minimum atomic E-state index is -0.0795. The van der Waals surface area contributed by atoms with Crippen LogP contribution in [0.2, 0.25) is 0 Å². The van der Waals surface area contributed by atoms with E-state index in [2.05, 4.69) is 22.1 Å². The lowest BCUT2D eigenvalue weighted by Gasteiger charge is -2.40. The van der Waals surface area contributed by atoms with E-state index in [1.807, 2.05) is 17.9 Å². The van der Waals surface area contributed by atoms with Crippen molar-refractivity contribution in [2.45, 2.75) is 13.0 Å². The third-order valence-corrected chi connectivity index (χ3v) is 4.43. The molecule has 3 rings (SSSR count). The molecule has 1 amide bonds. The number of hydrogen-bond donors (Lipinski definition) is 0. The lowest BCUT2D eigenvalue weighted by molar-refractivity contribution is -0.128. The summed E-state index contributed by atoms with van der Waals surface area (Å²) in [6.07, 6.45) is 6.32. The summed E-state index contributed by atoms with van der Waals surface area (Å²) in [5, 5.41) is 18.1. The van der Waals surface area contributed by atoms with Crippen LogP contribution in [-0.4, -0.2) is 46.5 Å². The first-order valence-corrected chi connectivity index (χ1v) is 8.57. The molecule has 1 atom stereocenters. The van der Waals surface area contributed by atoms with Crippen LogP contribution in [0.5, 0.6) is 0 Å². The van der Waals surface area contributed by atoms with E-state index in [1.165, 1.54) is 12.3 Å². The number of hydrogen-bond acceptors (Lipinski definition) is 6. The Hall–Kier alpha value is -3.71. The Morgan fingerprint density at radius 2 is 2.04 bits per heavy atom. The Kier molecular flexibility index (Phi) is 5.44. The summed E-state index contributed by atoms with van der Waals surface area (Å²) in [6.45, 7) is 3.67. The van der Waals surface area contributed by atoms with Crippen molar-refractivity contribution >= 4 is 17.8 Å². The molecule has 1 aliphatic rings. The molecular weight excluding hydrogens is 340 g/mol. The number of rotatable bonds is 3. The highest BCUT2D eigenvalue weighted by Crippen LogP contribution is 2.19. The van der Waals surface area contributed by atoms with Crippen molar-refractivity contribution in [2.24, 2.45) is 0 Å². The molecule has 134 valence electrons. The number of amides is 1. The van der Waals surface area contributed by atoms with Crippen LogP contribution in [0.25, 0.3) is 6.08 Å².